The van der Waals surface area contributed by atoms with E-state index in [2.05, 4.69) is 0 Å². The minimum atomic E-state index is -1.74. The van der Waals surface area contributed by atoms with Crippen LogP contribution in [0, 0.1) is 10.1 Å². The van der Waals surface area contributed by atoms with Crippen molar-refractivity contribution in [1.29, 1.82) is 0 Å². The number of ketones is 2. The number of ether oxygens (including phenoxy) is 2. The third kappa shape index (κ3) is 2.73. The van der Waals surface area contributed by atoms with Gasteiger partial charge in [-0.1, -0.05) is 60.7 Å². The van der Waals surface area contributed by atoms with E-state index >= 15 is 0 Å². The van der Waals surface area contributed by atoms with Crippen molar-refractivity contribution in [2.75, 3.05) is 13.3 Å². The van der Waals surface area contributed by atoms with Gasteiger partial charge in [0.15, 0.2) is 23.1 Å². The van der Waals surface area contributed by atoms with Gasteiger partial charge in [0.2, 0.25) is 13.3 Å². The van der Waals surface area contributed by atoms with Gasteiger partial charge in [-0.2, -0.15) is 0 Å². The Labute approximate surface area is 177 Å². The minimum absolute atomic E-state index is 0.0474. The zero-order valence-corrected chi connectivity index (χ0v) is 16.3. The lowest BCUT2D eigenvalue weighted by atomic mass is 9.64. The molecule has 0 fully saturated rings. The second-order valence-corrected chi connectivity index (χ2v) is 7.56. The Balaban J connectivity index is 1.78. The molecule has 0 bridgehead atoms. The first kappa shape index (κ1) is 19.0. The van der Waals surface area contributed by atoms with Gasteiger partial charge in [-0.3, -0.25) is 19.7 Å². The third-order valence-electron chi connectivity index (χ3n) is 6.02. The Hall–Kier alpha value is -4.00. The van der Waals surface area contributed by atoms with E-state index < -0.39 is 34.4 Å². The fraction of sp³-hybridized carbons (Fsp3) is 0.167. The molecule has 0 N–H and O–H groups in total. The lowest BCUT2D eigenvalue weighted by Gasteiger charge is -2.33. The molecule has 154 valence electrons. The Morgan fingerprint density at radius 3 is 2.13 bits per heavy atom. The lowest BCUT2D eigenvalue weighted by Crippen LogP contribution is -2.46. The summed E-state index contributed by atoms with van der Waals surface area (Å²) in [7, 11) is 0. The molecule has 0 unspecified atom stereocenters. The quantitative estimate of drug-likeness (QED) is 0.357. The number of Topliss-reactive ketones (excluding diaryl/α,β-unsaturated/α-hetero) is 2. The van der Waals surface area contributed by atoms with Crippen molar-refractivity contribution in [3.05, 3.63) is 105 Å². The predicted octanol–water partition coefficient (Wildman–Crippen LogP) is 3.79. The zero-order chi connectivity index (χ0) is 21.6. The molecular formula is C24H17NO6. The van der Waals surface area contributed by atoms with Crippen molar-refractivity contribution in [3.63, 3.8) is 0 Å². The van der Waals surface area contributed by atoms with Gasteiger partial charge >= 0.3 is 0 Å². The summed E-state index contributed by atoms with van der Waals surface area (Å²) < 4.78 is 10.8. The van der Waals surface area contributed by atoms with Gasteiger partial charge in [-0.05, 0) is 23.3 Å². The molecule has 1 atom stereocenters. The molecule has 0 amide bonds. The topological polar surface area (TPSA) is 95.7 Å². The van der Waals surface area contributed by atoms with Crippen LogP contribution >= 0.6 is 0 Å². The maximum Gasteiger partial charge on any atom is 0.231 e. The van der Waals surface area contributed by atoms with Crippen LogP contribution in [-0.4, -0.2) is 29.8 Å². The van der Waals surface area contributed by atoms with Gasteiger partial charge in [-0.15, -0.1) is 0 Å². The van der Waals surface area contributed by atoms with Gasteiger partial charge in [0.25, 0.3) is 0 Å². The van der Waals surface area contributed by atoms with Crippen LogP contribution < -0.4 is 9.47 Å². The lowest BCUT2D eigenvalue weighted by molar-refractivity contribution is -0.484. The fourth-order valence-corrected chi connectivity index (χ4v) is 4.66. The number of carbonyl (C=O) groups excluding carboxylic acids is 2. The zero-order valence-electron chi connectivity index (χ0n) is 16.3. The van der Waals surface area contributed by atoms with E-state index in [9.17, 15) is 19.7 Å². The number of fused-ring (bicyclic) bond motifs is 2. The number of hydrogen-bond donors (Lipinski definition) is 0. The standard InChI is InChI=1S/C24H17NO6/c26-22-17-8-4-5-9-18(17)23(27)24(22,16-6-2-1-3-7-16)19(13-25(28)29)15-10-11-20-21(12-15)31-14-30-20/h1-12,19H,13-14H2/t19-/m1/s1. The maximum absolute atomic E-state index is 13.9. The average Bonchev–Trinajstić information content (AvgIpc) is 3.34. The summed E-state index contributed by atoms with van der Waals surface area (Å²) in [6.45, 7) is -0.550. The molecule has 0 spiro atoms. The van der Waals surface area contributed by atoms with E-state index in [4.69, 9.17) is 9.47 Å². The molecule has 1 aliphatic carbocycles. The number of rotatable bonds is 5. The Bertz CT molecular complexity index is 1180. The highest BCUT2D eigenvalue weighted by atomic mass is 16.7. The van der Waals surface area contributed by atoms with E-state index in [1.165, 1.54) is 0 Å². The van der Waals surface area contributed by atoms with Crippen molar-refractivity contribution in [2.45, 2.75) is 11.3 Å². The van der Waals surface area contributed by atoms with Crippen molar-refractivity contribution < 1.29 is 24.0 Å². The predicted molar refractivity (Wildman–Crippen MR) is 110 cm³/mol. The van der Waals surface area contributed by atoms with Gasteiger partial charge in [0, 0.05) is 16.1 Å². The van der Waals surface area contributed by atoms with E-state index in [1.54, 1.807) is 72.8 Å². The monoisotopic (exact) mass is 415 g/mol. The number of hydrogen-bond acceptors (Lipinski definition) is 6. The first-order valence-electron chi connectivity index (χ1n) is 9.79. The van der Waals surface area contributed by atoms with Crippen molar-refractivity contribution in [2.24, 2.45) is 0 Å². The minimum Gasteiger partial charge on any atom is -0.454 e. The number of carbonyl (C=O) groups is 2. The molecule has 3 aromatic rings. The summed E-state index contributed by atoms with van der Waals surface area (Å²) >= 11 is 0. The molecule has 5 rings (SSSR count). The highest BCUT2D eigenvalue weighted by Gasteiger charge is 2.60. The highest BCUT2D eigenvalue weighted by Crippen LogP contribution is 2.50. The van der Waals surface area contributed by atoms with E-state index in [-0.39, 0.29) is 17.9 Å². The second-order valence-electron chi connectivity index (χ2n) is 7.56. The molecule has 0 saturated heterocycles. The van der Waals surface area contributed by atoms with Gasteiger partial charge in [0.1, 0.15) is 5.41 Å². The van der Waals surface area contributed by atoms with Crippen LogP contribution in [0.4, 0.5) is 0 Å². The molecule has 7 heteroatoms. The molecule has 2 aliphatic rings. The Kier molecular flexibility index (Phi) is 4.32. The van der Waals surface area contributed by atoms with E-state index in [0.29, 0.717) is 22.6 Å². The van der Waals surface area contributed by atoms with E-state index in [0.717, 1.165) is 0 Å². The van der Waals surface area contributed by atoms with Crippen LogP contribution in [0.2, 0.25) is 0 Å². The third-order valence-corrected chi connectivity index (χ3v) is 6.02. The number of nitrogens with zero attached hydrogens (tertiary/aromatic N) is 1. The second kappa shape index (κ2) is 7.05. The van der Waals surface area contributed by atoms with Crippen LogP contribution in [0.3, 0.4) is 0 Å². The van der Waals surface area contributed by atoms with Gasteiger partial charge in [0.05, 0.1) is 5.92 Å². The first-order valence-corrected chi connectivity index (χ1v) is 9.79. The molecule has 0 saturated carbocycles. The van der Waals surface area contributed by atoms with Crippen LogP contribution in [0.1, 0.15) is 37.8 Å². The molecule has 0 radical (unpaired) electrons. The molecule has 3 aromatic carbocycles. The molecule has 1 heterocycles. The summed E-state index contributed by atoms with van der Waals surface area (Å²) in [5.41, 5.74) is -0.271. The average molecular weight is 415 g/mol. The number of nitro groups is 1. The first-order chi connectivity index (χ1) is 15.0. The van der Waals surface area contributed by atoms with Crippen molar-refractivity contribution >= 4 is 11.6 Å². The Morgan fingerprint density at radius 2 is 1.48 bits per heavy atom. The largest absolute Gasteiger partial charge is 0.454 e. The highest BCUT2D eigenvalue weighted by molar-refractivity contribution is 6.33. The fourth-order valence-electron chi connectivity index (χ4n) is 4.66. The summed E-state index contributed by atoms with van der Waals surface area (Å²) in [4.78, 5) is 39.0. The van der Waals surface area contributed by atoms with Gasteiger partial charge < -0.3 is 9.47 Å². The molecule has 1 aliphatic heterocycles. The number of benzene rings is 3. The summed E-state index contributed by atoms with van der Waals surface area (Å²) in [5.74, 6) is -0.936. The van der Waals surface area contributed by atoms with Crippen LogP contribution in [0.15, 0.2) is 72.8 Å². The van der Waals surface area contributed by atoms with Crippen LogP contribution in [-0.2, 0) is 5.41 Å². The summed E-state index contributed by atoms with van der Waals surface area (Å²) in [6, 6.07) is 20.1. The Morgan fingerprint density at radius 1 is 0.871 bits per heavy atom. The van der Waals surface area contributed by atoms with Crippen molar-refractivity contribution in [3.8, 4) is 11.5 Å². The summed E-state index contributed by atoms with van der Waals surface area (Å²) in [6.07, 6.45) is 0. The molecule has 7 nitrogen and oxygen atoms in total. The van der Waals surface area contributed by atoms with Crippen LogP contribution in [0.25, 0.3) is 0 Å². The van der Waals surface area contributed by atoms with E-state index in [1.807, 2.05) is 0 Å². The maximum atomic E-state index is 13.9. The molecular weight excluding hydrogens is 398 g/mol. The summed E-state index contributed by atoms with van der Waals surface area (Å²) in [5, 5.41) is 11.8. The van der Waals surface area contributed by atoms with Crippen LogP contribution in [0.5, 0.6) is 11.5 Å². The SMILES string of the molecule is O=C1c2ccccc2C(=O)C1(c1ccccc1)[C@H](C[N+](=O)[O-])c1ccc2c(c1)OCO2. The van der Waals surface area contributed by atoms with Crippen molar-refractivity contribution in [1.82, 2.24) is 0 Å². The normalized spacial score (nSPS) is 16.8. The smallest absolute Gasteiger partial charge is 0.231 e. The van der Waals surface area contributed by atoms with Gasteiger partial charge in [-0.25, -0.2) is 0 Å². The molecule has 0 aromatic heterocycles. The molecule has 31 heavy (non-hydrogen) atoms.